The molecule has 1 atom stereocenters. The Morgan fingerprint density at radius 3 is 2.64 bits per heavy atom. The Hall–Kier alpha value is -0.0300. The molecule has 0 heterocycles. The van der Waals surface area contributed by atoms with Crippen molar-refractivity contribution in [2.45, 2.75) is 32.2 Å². The minimum Gasteiger partial charge on any atom is -0.465 e. The summed E-state index contributed by atoms with van der Waals surface area (Å²) in [7, 11) is 0. The molecule has 0 bridgehead atoms. The number of ether oxygens (including phenoxy) is 1. The molecule has 2 N–H and O–H groups in total. The summed E-state index contributed by atoms with van der Waals surface area (Å²) in [5, 5.41) is 0. The highest BCUT2D eigenvalue weighted by atomic mass is 35.5. The van der Waals surface area contributed by atoms with Crippen LogP contribution in [0, 0.1) is 0 Å². The Kier molecular flexibility index (Phi) is 9.50. The molecule has 84 valence electrons. The maximum Gasteiger partial charge on any atom is 0.324 e. The van der Waals surface area contributed by atoms with E-state index in [-0.39, 0.29) is 5.97 Å². The van der Waals surface area contributed by atoms with Crippen molar-refractivity contribution >= 4 is 29.5 Å². The van der Waals surface area contributed by atoms with E-state index >= 15 is 0 Å². The van der Waals surface area contributed by atoms with Crippen LogP contribution >= 0.6 is 23.6 Å². The third-order valence-corrected chi connectivity index (χ3v) is 2.17. The van der Waals surface area contributed by atoms with Crippen LogP contribution in [0.25, 0.3) is 0 Å². The van der Waals surface area contributed by atoms with Crippen molar-refractivity contribution in [3.8, 4) is 0 Å². The third-order valence-electron chi connectivity index (χ3n) is 1.72. The molecule has 4 nitrogen and oxygen atoms in total. The van der Waals surface area contributed by atoms with Gasteiger partial charge in [0.2, 0.25) is 0 Å². The van der Waals surface area contributed by atoms with Crippen molar-refractivity contribution < 1.29 is 9.53 Å². The molecular formula is C8H16Cl2N2O2. The summed E-state index contributed by atoms with van der Waals surface area (Å²) in [6, 6.07) is -0.424. The second-order valence-corrected chi connectivity index (χ2v) is 3.28. The van der Waals surface area contributed by atoms with Crippen LogP contribution in [-0.4, -0.2) is 25.2 Å². The van der Waals surface area contributed by atoms with Gasteiger partial charge in [0.05, 0.1) is 6.61 Å². The van der Waals surface area contributed by atoms with Gasteiger partial charge in [-0.05, 0) is 49.7 Å². The SMILES string of the molecule is CCOC(=O)[C@H](CCCCNCl)NCl. The zero-order valence-corrected chi connectivity index (χ0v) is 9.70. The maximum absolute atomic E-state index is 11.2. The van der Waals surface area contributed by atoms with E-state index in [9.17, 15) is 4.79 Å². The predicted molar refractivity (Wildman–Crippen MR) is 57.1 cm³/mol. The molecule has 0 rings (SSSR count). The summed E-state index contributed by atoms with van der Waals surface area (Å²) in [6.45, 7) is 2.86. The minimum atomic E-state index is -0.424. The van der Waals surface area contributed by atoms with Gasteiger partial charge < -0.3 is 4.74 Å². The zero-order chi connectivity index (χ0) is 10.8. The fourth-order valence-corrected chi connectivity index (χ4v) is 1.33. The minimum absolute atomic E-state index is 0.304. The molecule has 0 spiro atoms. The van der Waals surface area contributed by atoms with Crippen molar-refractivity contribution in [2.75, 3.05) is 13.2 Å². The second kappa shape index (κ2) is 9.52. The molecule has 0 unspecified atom stereocenters. The smallest absolute Gasteiger partial charge is 0.324 e. The highest BCUT2D eigenvalue weighted by Crippen LogP contribution is 2.03. The average Bonchev–Trinajstić information content (AvgIpc) is 2.18. The molecule has 14 heavy (non-hydrogen) atoms. The van der Waals surface area contributed by atoms with E-state index in [1.165, 1.54) is 0 Å². The number of unbranched alkanes of at least 4 members (excludes halogenated alkanes) is 1. The van der Waals surface area contributed by atoms with Gasteiger partial charge in [-0.25, -0.2) is 9.67 Å². The van der Waals surface area contributed by atoms with Gasteiger partial charge in [0.25, 0.3) is 0 Å². The van der Waals surface area contributed by atoms with Gasteiger partial charge in [-0.3, -0.25) is 4.79 Å². The van der Waals surface area contributed by atoms with Gasteiger partial charge in [-0.15, -0.1) is 0 Å². The first kappa shape index (κ1) is 14.0. The highest BCUT2D eigenvalue weighted by Gasteiger charge is 2.17. The Morgan fingerprint density at radius 1 is 1.43 bits per heavy atom. The molecule has 0 saturated heterocycles. The van der Waals surface area contributed by atoms with Crippen molar-refractivity contribution in [1.29, 1.82) is 0 Å². The van der Waals surface area contributed by atoms with Crippen LogP contribution in [0.5, 0.6) is 0 Å². The second-order valence-electron chi connectivity index (χ2n) is 2.79. The molecule has 0 aromatic rings. The largest absolute Gasteiger partial charge is 0.465 e. The summed E-state index contributed by atoms with van der Waals surface area (Å²) >= 11 is 10.7. The number of carbonyl (C=O) groups excluding carboxylic acids is 1. The van der Waals surface area contributed by atoms with Crippen molar-refractivity contribution in [3.05, 3.63) is 0 Å². The summed E-state index contributed by atoms with van der Waals surface area (Å²) in [4.78, 5) is 16.2. The van der Waals surface area contributed by atoms with Crippen LogP contribution in [0.15, 0.2) is 0 Å². The molecule has 0 radical (unpaired) electrons. The van der Waals surface area contributed by atoms with E-state index in [0.29, 0.717) is 13.0 Å². The van der Waals surface area contributed by atoms with Gasteiger partial charge in [-0.2, -0.15) is 0 Å². The maximum atomic E-state index is 11.2. The van der Waals surface area contributed by atoms with Crippen LogP contribution in [0.3, 0.4) is 0 Å². The van der Waals surface area contributed by atoms with E-state index in [0.717, 1.165) is 19.4 Å². The van der Waals surface area contributed by atoms with Crippen molar-refractivity contribution in [3.63, 3.8) is 0 Å². The monoisotopic (exact) mass is 242 g/mol. The molecule has 6 heteroatoms. The Morgan fingerprint density at radius 2 is 2.14 bits per heavy atom. The van der Waals surface area contributed by atoms with E-state index < -0.39 is 6.04 Å². The van der Waals surface area contributed by atoms with Gasteiger partial charge in [0, 0.05) is 6.54 Å². The lowest BCUT2D eigenvalue weighted by molar-refractivity contribution is -0.145. The van der Waals surface area contributed by atoms with Crippen LogP contribution in [0.4, 0.5) is 0 Å². The van der Waals surface area contributed by atoms with Crippen LogP contribution < -0.4 is 9.67 Å². The number of rotatable bonds is 8. The topological polar surface area (TPSA) is 50.4 Å². The predicted octanol–water partition coefficient (Wildman–Crippen LogP) is 1.58. The molecule has 0 aliphatic rings. The Labute approximate surface area is 94.5 Å². The quantitative estimate of drug-likeness (QED) is 0.386. The van der Waals surface area contributed by atoms with Crippen molar-refractivity contribution in [2.24, 2.45) is 0 Å². The summed E-state index contributed by atoms with van der Waals surface area (Å²) in [6.07, 6.45) is 2.42. The van der Waals surface area contributed by atoms with Gasteiger partial charge >= 0.3 is 5.97 Å². The first-order valence-corrected chi connectivity index (χ1v) is 5.38. The van der Waals surface area contributed by atoms with Crippen LogP contribution in [-0.2, 0) is 9.53 Å². The fraction of sp³-hybridized carbons (Fsp3) is 0.875. The van der Waals surface area contributed by atoms with Crippen molar-refractivity contribution in [1.82, 2.24) is 9.67 Å². The van der Waals surface area contributed by atoms with Crippen LogP contribution in [0.1, 0.15) is 26.2 Å². The normalized spacial score (nSPS) is 12.5. The molecule has 0 aliphatic carbocycles. The van der Waals surface area contributed by atoms with E-state index in [1.54, 1.807) is 6.92 Å². The molecule has 0 aromatic heterocycles. The lowest BCUT2D eigenvalue weighted by Crippen LogP contribution is -2.32. The number of halogens is 2. The van der Waals surface area contributed by atoms with E-state index in [4.69, 9.17) is 28.3 Å². The Balaban J connectivity index is 3.62. The van der Waals surface area contributed by atoms with Gasteiger partial charge in [-0.1, -0.05) is 0 Å². The first-order valence-electron chi connectivity index (χ1n) is 4.62. The van der Waals surface area contributed by atoms with Crippen LogP contribution in [0.2, 0.25) is 0 Å². The molecule has 0 saturated carbocycles. The van der Waals surface area contributed by atoms with Gasteiger partial charge in [0.1, 0.15) is 6.04 Å². The standard InChI is InChI=1S/C8H16Cl2N2O2/c1-2-14-8(13)7(12-10)5-3-4-6-11-9/h7,11-12H,2-6H2,1H3/t7-/m0/s1. The number of hydrogen-bond donors (Lipinski definition) is 2. The Bertz CT molecular complexity index is 158. The lowest BCUT2D eigenvalue weighted by Gasteiger charge is -2.12. The molecule has 0 aliphatic heterocycles. The fourth-order valence-electron chi connectivity index (χ4n) is 1.00. The highest BCUT2D eigenvalue weighted by molar-refractivity contribution is 6.14. The molecule has 0 fully saturated rings. The molecular weight excluding hydrogens is 227 g/mol. The number of carbonyl (C=O) groups is 1. The zero-order valence-electron chi connectivity index (χ0n) is 8.19. The number of esters is 1. The number of hydrogen-bond acceptors (Lipinski definition) is 4. The lowest BCUT2D eigenvalue weighted by atomic mass is 10.1. The molecule has 0 aromatic carbocycles. The summed E-state index contributed by atoms with van der Waals surface area (Å²) < 4.78 is 4.82. The first-order chi connectivity index (χ1) is 6.76. The van der Waals surface area contributed by atoms with E-state index in [1.807, 2.05) is 0 Å². The summed E-state index contributed by atoms with van der Waals surface area (Å²) in [5.74, 6) is -0.304. The summed E-state index contributed by atoms with van der Waals surface area (Å²) in [5.41, 5.74) is 0. The third kappa shape index (κ3) is 6.43. The average molecular weight is 243 g/mol. The van der Waals surface area contributed by atoms with E-state index in [2.05, 4.69) is 9.67 Å². The molecule has 0 amide bonds. The number of nitrogens with one attached hydrogen (secondary N) is 2. The van der Waals surface area contributed by atoms with Gasteiger partial charge in [0.15, 0.2) is 0 Å².